The van der Waals surface area contributed by atoms with Gasteiger partial charge >= 0.3 is 47.0 Å². The molecule has 0 fully saturated rings. The summed E-state index contributed by atoms with van der Waals surface area (Å²) in [6.07, 6.45) is -7.89. The normalized spacial score (nSPS) is 15.9. The van der Waals surface area contributed by atoms with Gasteiger partial charge in [-0.15, -0.1) is 0 Å². The van der Waals surface area contributed by atoms with Crippen LogP contribution in [0.4, 0.5) is 74.6 Å². The molecule has 0 aliphatic rings. The molecule has 0 amide bonds. The van der Waals surface area contributed by atoms with Crippen molar-refractivity contribution in [2.45, 2.75) is 47.0 Å². The molecular weight excluding hydrogens is 537 g/mol. The lowest BCUT2D eigenvalue weighted by Gasteiger charge is -2.42. The van der Waals surface area contributed by atoms with Crippen molar-refractivity contribution in [3.05, 3.63) is 0 Å². The number of hydrogen-bond donors (Lipinski definition) is 1. The van der Waals surface area contributed by atoms with Crippen molar-refractivity contribution in [2.24, 2.45) is 0 Å². The average Bonchev–Trinajstić information content (AvgIpc) is 2.52. The van der Waals surface area contributed by atoms with Gasteiger partial charge in [-0.1, -0.05) is 0 Å². The summed E-state index contributed by atoms with van der Waals surface area (Å²) in [5.41, 5.74) is 0. The van der Waals surface area contributed by atoms with E-state index in [0.29, 0.717) is 0 Å². The molecule has 32 heavy (non-hydrogen) atoms. The number of quaternary nitrogens is 1. The Hall–Kier alpha value is -1.32. The van der Waals surface area contributed by atoms with Gasteiger partial charge in [0.25, 0.3) is 0 Å². The molecule has 2 N–H and O–H groups in total. The van der Waals surface area contributed by atoms with Gasteiger partial charge in [0.2, 0.25) is 0 Å². The van der Waals surface area contributed by atoms with Crippen LogP contribution in [0.25, 0.3) is 0 Å². The van der Waals surface area contributed by atoms with E-state index in [4.69, 9.17) is 0 Å². The molecule has 0 saturated heterocycles. The lowest BCUT2D eigenvalue weighted by atomic mass is 9.91. The first-order chi connectivity index (χ1) is 13.4. The van der Waals surface area contributed by atoms with Crippen LogP contribution in [0.15, 0.2) is 0 Å². The van der Waals surface area contributed by atoms with Crippen LogP contribution in [0.2, 0.25) is 0 Å². The van der Waals surface area contributed by atoms with E-state index in [1.54, 1.807) is 0 Å². The zero-order chi connectivity index (χ0) is 27.2. The Morgan fingerprint density at radius 1 is 0.500 bits per heavy atom. The van der Waals surface area contributed by atoms with E-state index in [0.717, 1.165) is 0 Å². The second-order valence-electron chi connectivity index (χ2n) is 5.49. The molecule has 22 heteroatoms. The van der Waals surface area contributed by atoms with E-state index in [-0.39, 0.29) is 0 Å². The van der Waals surface area contributed by atoms with Crippen molar-refractivity contribution in [1.82, 2.24) is 0 Å². The minimum Gasteiger partial charge on any atom is -0.743 e. The van der Waals surface area contributed by atoms with Crippen LogP contribution in [-0.4, -0.2) is 74.0 Å². The Balaban J connectivity index is 0. The summed E-state index contributed by atoms with van der Waals surface area (Å²) in [5, 5.41) is -5.95. The van der Waals surface area contributed by atoms with Gasteiger partial charge in [-0.05, 0) is 0 Å². The van der Waals surface area contributed by atoms with Crippen molar-refractivity contribution in [2.75, 3.05) is 14.1 Å². The molecule has 0 aliphatic carbocycles. The zero-order valence-electron chi connectivity index (χ0n) is 14.6. The van der Waals surface area contributed by atoms with Gasteiger partial charge in [0.1, 0.15) is 0 Å². The number of halogens is 17. The summed E-state index contributed by atoms with van der Waals surface area (Å²) in [7, 11) is -4.14. The molecule has 0 heterocycles. The van der Waals surface area contributed by atoms with Crippen molar-refractivity contribution in [3.63, 3.8) is 0 Å². The fourth-order valence-corrected chi connectivity index (χ4v) is 1.75. The van der Waals surface area contributed by atoms with E-state index in [1.807, 2.05) is 19.4 Å². The highest BCUT2D eigenvalue weighted by Gasteiger charge is 2.95. The molecule has 0 radical (unpaired) electrons. The molecule has 0 aromatic rings. The minimum absolute atomic E-state index is 2.00. The van der Waals surface area contributed by atoms with Crippen LogP contribution >= 0.6 is 0 Å². The molecule has 0 aromatic heterocycles. The lowest BCUT2D eigenvalue weighted by molar-refractivity contribution is -0.597. The Labute approximate surface area is 165 Å². The van der Waals surface area contributed by atoms with Gasteiger partial charge in [-0.2, -0.15) is 74.6 Å². The molecule has 0 bridgehead atoms. The van der Waals surface area contributed by atoms with Gasteiger partial charge in [0.15, 0.2) is 10.1 Å². The minimum atomic E-state index is -8.92. The quantitative estimate of drug-likeness (QED) is 0.395. The summed E-state index contributed by atoms with van der Waals surface area (Å²) in [6.45, 7) is 0. The third-order valence-electron chi connectivity index (χ3n) is 3.01. The maximum Gasteiger partial charge on any atom is 0.460 e. The van der Waals surface area contributed by atoms with E-state index in [2.05, 4.69) is 0 Å². The first-order valence-corrected chi connectivity index (χ1v) is 8.23. The fourth-order valence-electron chi connectivity index (χ4n) is 1.31. The van der Waals surface area contributed by atoms with Gasteiger partial charge in [-0.25, -0.2) is 8.42 Å². The molecule has 4 nitrogen and oxygen atoms in total. The third kappa shape index (κ3) is 4.40. The van der Waals surface area contributed by atoms with Gasteiger partial charge in [0, 0.05) is 0 Å². The van der Waals surface area contributed by atoms with Crippen LogP contribution in [0.1, 0.15) is 0 Å². The predicted octanol–water partition coefficient (Wildman–Crippen LogP) is 3.31. The van der Waals surface area contributed by atoms with Crippen LogP contribution < -0.4 is 5.32 Å². The highest BCUT2D eigenvalue weighted by molar-refractivity contribution is 7.86. The van der Waals surface area contributed by atoms with E-state index in [9.17, 15) is 87.6 Å². The molecular formula is C10H8F17NO3S. The Morgan fingerprint density at radius 2 is 0.688 bits per heavy atom. The highest BCUT2D eigenvalue weighted by atomic mass is 32.2. The second kappa shape index (κ2) is 8.47. The zero-order valence-corrected chi connectivity index (χ0v) is 15.5. The summed E-state index contributed by atoms with van der Waals surface area (Å²) in [5.74, 6) is -52.1. The molecule has 0 spiro atoms. The van der Waals surface area contributed by atoms with E-state index >= 15 is 0 Å². The molecule has 0 saturated carbocycles. The summed E-state index contributed by atoms with van der Waals surface area (Å²) < 4.78 is 244. The number of alkyl halides is 17. The molecule has 0 aromatic carbocycles. The standard InChI is InChI=1S/C8HF17O3S.C2H7N/c9-1(10,3(13,14)5(17,18)7(21,22)23)2(11,12)4(15,16)6(19,20)8(24,25)29(26,27)28;1-3-2/h(H,26,27,28);3H,1-2H3. The van der Waals surface area contributed by atoms with E-state index < -0.39 is 57.1 Å². The molecule has 0 rings (SSSR count). The first kappa shape index (κ1) is 32.9. The topological polar surface area (TPSA) is 73.8 Å². The second-order valence-corrected chi connectivity index (χ2v) is 6.91. The number of nitrogens with two attached hydrogens (primary N) is 1. The predicted molar refractivity (Wildman–Crippen MR) is 64.2 cm³/mol. The third-order valence-corrected chi connectivity index (χ3v) is 3.89. The van der Waals surface area contributed by atoms with Crippen molar-refractivity contribution in [3.8, 4) is 0 Å². The number of rotatable bonds is 7. The van der Waals surface area contributed by atoms with Crippen LogP contribution in [0.3, 0.4) is 0 Å². The Morgan fingerprint density at radius 3 is 0.875 bits per heavy atom. The molecule has 0 unspecified atom stereocenters. The lowest BCUT2D eigenvalue weighted by Crippen LogP contribution is -2.75. The summed E-state index contributed by atoms with van der Waals surface area (Å²) in [6, 6.07) is 0. The van der Waals surface area contributed by atoms with Gasteiger partial charge < -0.3 is 9.87 Å². The van der Waals surface area contributed by atoms with Gasteiger partial charge in [-0.3, -0.25) is 0 Å². The van der Waals surface area contributed by atoms with Crippen molar-refractivity contribution >= 4 is 10.1 Å². The molecule has 0 aliphatic heterocycles. The van der Waals surface area contributed by atoms with Crippen molar-refractivity contribution in [1.29, 1.82) is 0 Å². The van der Waals surface area contributed by atoms with Crippen LogP contribution in [0, 0.1) is 0 Å². The first-order valence-electron chi connectivity index (χ1n) is 6.82. The number of hydrogen-bond acceptors (Lipinski definition) is 3. The fraction of sp³-hybridized carbons (Fsp3) is 1.00. The molecule has 196 valence electrons. The average molecular weight is 545 g/mol. The van der Waals surface area contributed by atoms with E-state index in [1.165, 1.54) is 0 Å². The Bertz CT molecular complexity index is 757. The monoisotopic (exact) mass is 545 g/mol. The molecule has 0 atom stereocenters. The smallest absolute Gasteiger partial charge is 0.460 e. The summed E-state index contributed by atoms with van der Waals surface area (Å²) in [4.78, 5) is 0. The summed E-state index contributed by atoms with van der Waals surface area (Å²) >= 11 is 0. The van der Waals surface area contributed by atoms with Gasteiger partial charge in [0.05, 0.1) is 14.1 Å². The maximum absolute atomic E-state index is 13.0. The maximum atomic E-state index is 13.0. The Kier molecular flexibility index (Phi) is 8.70. The largest absolute Gasteiger partial charge is 0.743 e. The van der Waals surface area contributed by atoms with Crippen molar-refractivity contribution < 1.29 is 92.9 Å². The SMILES string of the molecule is C[NH2+]C.O=S(=O)([O-])C(F)(F)C(F)(F)C(F)(F)C(F)(F)C(F)(F)C(F)(F)C(F)(F)C(F)(F)F. The van der Waals surface area contributed by atoms with Crippen LogP contribution in [0.5, 0.6) is 0 Å². The highest BCUT2D eigenvalue weighted by Crippen LogP contribution is 2.64. The van der Waals surface area contributed by atoms with Crippen LogP contribution in [-0.2, 0) is 10.1 Å².